The van der Waals surface area contributed by atoms with E-state index in [0.29, 0.717) is 30.7 Å². The Morgan fingerprint density at radius 1 is 1.54 bits per heavy atom. The summed E-state index contributed by atoms with van der Waals surface area (Å²) in [6, 6.07) is 5.77. The number of H-pyrrole nitrogens is 1. The maximum atomic E-state index is 13.2. The topological polar surface area (TPSA) is 78.5 Å². The Morgan fingerprint density at radius 2 is 2.38 bits per heavy atom. The molecule has 2 N–H and O–H groups in total. The molecule has 1 saturated heterocycles. The van der Waals surface area contributed by atoms with E-state index in [1.165, 1.54) is 18.3 Å². The zero-order valence-electron chi connectivity index (χ0n) is 13.5. The molecule has 1 aliphatic heterocycles. The van der Waals surface area contributed by atoms with Gasteiger partial charge in [-0.3, -0.25) is 9.89 Å². The Morgan fingerprint density at radius 3 is 3.12 bits per heavy atom. The van der Waals surface area contributed by atoms with Crippen LogP contribution in [0.5, 0.6) is 5.75 Å². The number of nitrogens with one attached hydrogen (secondary N) is 1. The average molecular weight is 333 g/mol. The van der Waals surface area contributed by atoms with E-state index in [1.807, 2.05) is 6.92 Å². The lowest BCUT2D eigenvalue weighted by Gasteiger charge is -2.23. The van der Waals surface area contributed by atoms with Crippen molar-refractivity contribution in [1.29, 1.82) is 0 Å². The number of amides is 1. The van der Waals surface area contributed by atoms with Gasteiger partial charge >= 0.3 is 0 Å². The molecule has 1 atom stereocenters. The minimum Gasteiger partial charge on any atom is -0.490 e. The Labute approximate surface area is 139 Å². The largest absolute Gasteiger partial charge is 0.490 e. The summed E-state index contributed by atoms with van der Waals surface area (Å²) < 4.78 is 18.6. The van der Waals surface area contributed by atoms with E-state index in [1.54, 1.807) is 17.0 Å². The molecule has 24 heavy (non-hydrogen) atoms. The summed E-state index contributed by atoms with van der Waals surface area (Å²) in [6.07, 6.45) is 2.61. The van der Waals surface area contributed by atoms with Crippen LogP contribution in [0.3, 0.4) is 0 Å². The molecule has 1 amide bonds. The fraction of sp³-hybridized carbons (Fsp3) is 0.412. The number of halogens is 1. The van der Waals surface area contributed by atoms with E-state index in [9.17, 15) is 14.3 Å². The van der Waals surface area contributed by atoms with Crippen LogP contribution in [0.15, 0.2) is 30.5 Å². The van der Waals surface area contributed by atoms with E-state index >= 15 is 0 Å². The van der Waals surface area contributed by atoms with Crippen molar-refractivity contribution in [2.45, 2.75) is 25.4 Å². The first kappa shape index (κ1) is 16.4. The molecule has 0 bridgehead atoms. The molecule has 1 fully saturated rings. The first-order valence-corrected chi connectivity index (χ1v) is 7.93. The number of rotatable bonds is 5. The van der Waals surface area contributed by atoms with Gasteiger partial charge in [-0.15, -0.1) is 0 Å². The van der Waals surface area contributed by atoms with E-state index in [-0.39, 0.29) is 19.1 Å². The second-order valence-corrected chi connectivity index (χ2v) is 6.06. The number of aliphatic hydroxyl groups is 1. The molecule has 6 nitrogen and oxygen atoms in total. The molecule has 0 saturated carbocycles. The SMILES string of the molecule is CCc1[nH]ncc1C(=O)N1CC[C@@](O)(COc2cccc(F)c2)C1. The predicted molar refractivity (Wildman–Crippen MR) is 85.3 cm³/mol. The van der Waals surface area contributed by atoms with Gasteiger partial charge in [0.25, 0.3) is 5.91 Å². The van der Waals surface area contributed by atoms with Gasteiger partial charge in [0, 0.05) is 18.3 Å². The molecule has 0 radical (unpaired) electrons. The molecule has 0 unspecified atom stereocenters. The van der Waals surface area contributed by atoms with Crippen molar-refractivity contribution >= 4 is 5.91 Å². The van der Waals surface area contributed by atoms with Crippen molar-refractivity contribution in [2.75, 3.05) is 19.7 Å². The fourth-order valence-electron chi connectivity index (χ4n) is 2.86. The van der Waals surface area contributed by atoms with E-state index in [4.69, 9.17) is 4.74 Å². The number of hydrogen-bond donors (Lipinski definition) is 2. The highest BCUT2D eigenvalue weighted by atomic mass is 19.1. The van der Waals surface area contributed by atoms with Crippen LogP contribution in [0.25, 0.3) is 0 Å². The number of nitrogens with zero attached hydrogens (tertiary/aromatic N) is 2. The normalized spacial score (nSPS) is 20.4. The van der Waals surface area contributed by atoms with Crippen LogP contribution >= 0.6 is 0 Å². The Bertz CT molecular complexity index is 733. The van der Waals surface area contributed by atoms with Crippen molar-refractivity contribution < 1.29 is 19.0 Å². The Hall–Kier alpha value is -2.41. The van der Waals surface area contributed by atoms with Gasteiger partial charge in [0.2, 0.25) is 0 Å². The van der Waals surface area contributed by atoms with Gasteiger partial charge in [-0.1, -0.05) is 13.0 Å². The van der Waals surface area contributed by atoms with E-state index in [0.717, 1.165) is 5.69 Å². The van der Waals surface area contributed by atoms with Crippen molar-refractivity contribution in [3.05, 3.63) is 47.5 Å². The van der Waals surface area contributed by atoms with Crippen molar-refractivity contribution in [3.63, 3.8) is 0 Å². The third kappa shape index (κ3) is 3.41. The quantitative estimate of drug-likeness (QED) is 0.874. The van der Waals surface area contributed by atoms with Crippen LogP contribution < -0.4 is 4.74 Å². The van der Waals surface area contributed by atoms with Crippen molar-refractivity contribution in [3.8, 4) is 5.75 Å². The molecular weight excluding hydrogens is 313 g/mol. The van der Waals surface area contributed by atoms with Crippen LogP contribution in [0.1, 0.15) is 29.4 Å². The van der Waals surface area contributed by atoms with Crippen LogP contribution in [-0.2, 0) is 6.42 Å². The lowest BCUT2D eigenvalue weighted by atomic mass is 10.1. The number of aryl methyl sites for hydroxylation is 1. The van der Waals surface area contributed by atoms with Crippen molar-refractivity contribution in [2.24, 2.45) is 0 Å². The third-order valence-electron chi connectivity index (χ3n) is 4.23. The molecule has 1 aliphatic rings. The number of hydrogen-bond acceptors (Lipinski definition) is 4. The monoisotopic (exact) mass is 333 g/mol. The average Bonchev–Trinajstić information content (AvgIpc) is 3.19. The number of ether oxygens (including phenoxy) is 1. The van der Waals surface area contributed by atoms with Gasteiger partial charge in [0.15, 0.2) is 0 Å². The summed E-state index contributed by atoms with van der Waals surface area (Å²) in [5.41, 5.74) is 0.178. The van der Waals surface area contributed by atoms with Gasteiger partial charge in [-0.05, 0) is 25.0 Å². The molecule has 1 aromatic heterocycles. The molecule has 128 valence electrons. The molecule has 0 aliphatic carbocycles. The summed E-state index contributed by atoms with van der Waals surface area (Å²) in [7, 11) is 0. The molecular formula is C17H20FN3O3. The zero-order valence-corrected chi connectivity index (χ0v) is 13.5. The van der Waals surface area contributed by atoms with Crippen LogP contribution in [-0.4, -0.2) is 51.4 Å². The van der Waals surface area contributed by atoms with Crippen LogP contribution in [0.2, 0.25) is 0 Å². The standard InChI is InChI=1S/C17H20FN3O3/c1-2-15-14(9-19-20-15)16(22)21-7-6-17(23,10-21)11-24-13-5-3-4-12(18)8-13/h3-5,8-9,23H,2,6-7,10-11H2,1H3,(H,19,20)/t17-/m0/s1. The summed E-state index contributed by atoms with van der Waals surface area (Å²) in [4.78, 5) is 14.2. The van der Waals surface area contributed by atoms with E-state index < -0.39 is 11.4 Å². The maximum absolute atomic E-state index is 13.2. The van der Waals surface area contributed by atoms with Crippen LogP contribution in [0, 0.1) is 5.82 Å². The number of aromatic amines is 1. The Kier molecular flexibility index (Phi) is 4.53. The number of benzene rings is 1. The number of carbonyl (C=O) groups is 1. The second-order valence-electron chi connectivity index (χ2n) is 6.06. The highest BCUT2D eigenvalue weighted by Gasteiger charge is 2.39. The Balaban J connectivity index is 1.62. The fourth-order valence-corrected chi connectivity index (χ4v) is 2.86. The second kappa shape index (κ2) is 6.60. The maximum Gasteiger partial charge on any atom is 0.257 e. The summed E-state index contributed by atoms with van der Waals surface area (Å²) in [5, 5.41) is 17.4. The van der Waals surface area contributed by atoms with Gasteiger partial charge in [0.05, 0.1) is 18.3 Å². The highest BCUT2D eigenvalue weighted by molar-refractivity contribution is 5.95. The van der Waals surface area contributed by atoms with Gasteiger partial charge in [-0.25, -0.2) is 4.39 Å². The molecule has 1 aromatic carbocycles. The zero-order chi connectivity index (χ0) is 17.2. The van der Waals surface area contributed by atoms with Crippen LogP contribution in [0.4, 0.5) is 4.39 Å². The van der Waals surface area contributed by atoms with Crippen molar-refractivity contribution in [1.82, 2.24) is 15.1 Å². The lowest BCUT2D eigenvalue weighted by molar-refractivity contribution is 0.00421. The lowest BCUT2D eigenvalue weighted by Crippen LogP contribution is -2.40. The van der Waals surface area contributed by atoms with Gasteiger partial charge in [0.1, 0.15) is 23.8 Å². The summed E-state index contributed by atoms with van der Waals surface area (Å²) in [6.45, 7) is 2.56. The number of likely N-dealkylation sites (tertiary alicyclic amines) is 1. The molecule has 0 spiro atoms. The number of aromatic nitrogens is 2. The van der Waals surface area contributed by atoms with Gasteiger partial charge < -0.3 is 14.7 Å². The molecule has 2 aromatic rings. The highest BCUT2D eigenvalue weighted by Crippen LogP contribution is 2.25. The number of β-amino-alcohol motifs (C(OH)–C–C–N with tert-alkyl or cyclic N) is 1. The summed E-state index contributed by atoms with van der Waals surface area (Å²) in [5.74, 6) is -0.187. The summed E-state index contributed by atoms with van der Waals surface area (Å²) >= 11 is 0. The minimum absolute atomic E-state index is 0.00621. The first-order valence-electron chi connectivity index (χ1n) is 7.93. The molecule has 7 heteroatoms. The molecule has 3 rings (SSSR count). The third-order valence-corrected chi connectivity index (χ3v) is 4.23. The number of carbonyl (C=O) groups excluding carboxylic acids is 1. The minimum atomic E-state index is -1.14. The molecule has 2 heterocycles. The predicted octanol–water partition coefficient (Wildman–Crippen LogP) is 1.77. The van der Waals surface area contributed by atoms with E-state index in [2.05, 4.69) is 10.2 Å². The first-order chi connectivity index (χ1) is 11.5. The smallest absolute Gasteiger partial charge is 0.257 e. The van der Waals surface area contributed by atoms with Gasteiger partial charge in [-0.2, -0.15) is 5.10 Å².